The van der Waals surface area contributed by atoms with Crippen LogP contribution in [0.4, 0.5) is 0 Å². The predicted octanol–water partition coefficient (Wildman–Crippen LogP) is 1.68. The summed E-state index contributed by atoms with van der Waals surface area (Å²) in [7, 11) is 0. The molecule has 1 N–H and O–H groups in total. The Morgan fingerprint density at radius 1 is 1.53 bits per heavy atom. The maximum Gasteiger partial charge on any atom is 0.349 e. The van der Waals surface area contributed by atoms with E-state index in [1.165, 1.54) is 0 Å². The first-order chi connectivity index (χ1) is 8.22. The lowest BCUT2D eigenvalue weighted by Crippen LogP contribution is -2.41. The van der Waals surface area contributed by atoms with Crippen molar-refractivity contribution < 1.29 is 14.3 Å². The van der Waals surface area contributed by atoms with Crippen molar-refractivity contribution >= 4 is 5.97 Å². The third-order valence-electron chi connectivity index (χ3n) is 2.12. The highest BCUT2D eigenvalue weighted by molar-refractivity contribution is 5.75. The normalized spacial score (nSPS) is 23.7. The van der Waals surface area contributed by atoms with Gasteiger partial charge in [-0.25, -0.2) is 4.79 Å². The second-order valence-corrected chi connectivity index (χ2v) is 3.32. The van der Waals surface area contributed by atoms with E-state index in [4.69, 9.17) is 9.47 Å². The Hall–Kier alpha value is -1.97. The first-order valence-electron chi connectivity index (χ1n) is 5.45. The molecule has 0 aromatic heterocycles. The van der Waals surface area contributed by atoms with Gasteiger partial charge in [0.1, 0.15) is 5.76 Å². The van der Waals surface area contributed by atoms with E-state index >= 15 is 0 Å². The van der Waals surface area contributed by atoms with Crippen molar-refractivity contribution in [1.82, 2.24) is 5.32 Å². The largest absolute Gasteiger partial charge is 0.475 e. The Morgan fingerprint density at radius 2 is 2.24 bits per heavy atom. The van der Waals surface area contributed by atoms with Gasteiger partial charge in [-0.2, -0.15) is 0 Å². The minimum absolute atomic E-state index is 0.342. The van der Waals surface area contributed by atoms with Crippen LogP contribution in [0.5, 0.6) is 0 Å². The van der Waals surface area contributed by atoms with Gasteiger partial charge in [0, 0.05) is 0 Å². The maximum absolute atomic E-state index is 11.5. The molecule has 1 unspecified atom stereocenters. The summed E-state index contributed by atoms with van der Waals surface area (Å²) in [4.78, 5) is 11.5. The van der Waals surface area contributed by atoms with Crippen LogP contribution >= 0.6 is 0 Å². The summed E-state index contributed by atoms with van der Waals surface area (Å²) >= 11 is 0. The zero-order valence-electron chi connectivity index (χ0n) is 9.94. The molecule has 1 heterocycles. The highest BCUT2D eigenvalue weighted by Gasteiger charge is 2.28. The van der Waals surface area contributed by atoms with Crippen molar-refractivity contribution in [2.75, 3.05) is 13.2 Å². The number of hydrogen-bond acceptors (Lipinski definition) is 4. The van der Waals surface area contributed by atoms with Crippen LogP contribution in [0.15, 0.2) is 48.9 Å². The molecule has 17 heavy (non-hydrogen) atoms. The van der Waals surface area contributed by atoms with E-state index in [1.807, 2.05) is 0 Å². The lowest BCUT2D eigenvalue weighted by atomic mass is 10.2. The van der Waals surface area contributed by atoms with Crippen LogP contribution in [-0.4, -0.2) is 25.2 Å². The molecule has 0 aromatic carbocycles. The molecule has 0 spiro atoms. The van der Waals surface area contributed by atoms with Crippen molar-refractivity contribution in [2.24, 2.45) is 0 Å². The number of carbonyl (C=O) groups excluding carboxylic acids is 1. The fraction of sp³-hybridized carbons (Fsp3) is 0.308. The van der Waals surface area contributed by atoms with Crippen LogP contribution in [0, 0.1) is 0 Å². The van der Waals surface area contributed by atoms with Gasteiger partial charge < -0.3 is 14.8 Å². The van der Waals surface area contributed by atoms with Gasteiger partial charge in [-0.05, 0) is 19.1 Å². The molecular weight excluding hydrogens is 218 g/mol. The average Bonchev–Trinajstić information content (AvgIpc) is 2.32. The highest BCUT2D eigenvalue weighted by Crippen LogP contribution is 2.18. The molecule has 1 aliphatic heterocycles. The van der Waals surface area contributed by atoms with Crippen molar-refractivity contribution in [1.29, 1.82) is 0 Å². The Bertz CT molecular complexity index is 369. The molecule has 92 valence electrons. The zero-order valence-corrected chi connectivity index (χ0v) is 9.94. The van der Waals surface area contributed by atoms with Crippen molar-refractivity contribution in [2.45, 2.75) is 13.0 Å². The van der Waals surface area contributed by atoms with Gasteiger partial charge in [0.15, 0.2) is 0 Å². The van der Waals surface area contributed by atoms with E-state index in [1.54, 1.807) is 31.2 Å². The first-order valence-corrected chi connectivity index (χ1v) is 5.45. The molecule has 1 fully saturated rings. The zero-order chi connectivity index (χ0) is 12.7. The molecule has 4 nitrogen and oxygen atoms in total. The molecule has 0 saturated carbocycles. The van der Waals surface area contributed by atoms with Crippen molar-refractivity contribution in [3.8, 4) is 0 Å². The fourth-order valence-corrected chi connectivity index (χ4v) is 1.41. The van der Waals surface area contributed by atoms with Gasteiger partial charge >= 0.3 is 5.97 Å². The van der Waals surface area contributed by atoms with E-state index < -0.39 is 6.10 Å². The minimum Gasteiger partial charge on any atom is -0.475 e. The molecule has 0 aliphatic carbocycles. The van der Waals surface area contributed by atoms with Crippen LogP contribution < -0.4 is 5.32 Å². The molecule has 0 amide bonds. The molecule has 1 atom stereocenters. The fourth-order valence-electron chi connectivity index (χ4n) is 1.41. The standard InChI is InChI=1S/C13H17NO3/c1-4-7-10-11(8-5-2)17-12(9-14-10)13(15)16-6-3/h4-5,7-8,12,14H,1-2,6,9H2,3H3/b10-7+,11-8+. The summed E-state index contributed by atoms with van der Waals surface area (Å²) in [6.45, 7) is 9.70. The summed E-state index contributed by atoms with van der Waals surface area (Å²) in [6, 6.07) is 0. The van der Waals surface area contributed by atoms with Gasteiger partial charge in [-0.15, -0.1) is 0 Å². The maximum atomic E-state index is 11.5. The topological polar surface area (TPSA) is 47.6 Å². The van der Waals surface area contributed by atoms with Crippen LogP contribution in [-0.2, 0) is 14.3 Å². The molecule has 1 rings (SSSR count). The quantitative estimate of drug-likeness (QED) is 0.753. The summed E-state index contributed by atoms with van der Waals surface area (Å²) in [5, 5.41) is 3.09. The molecule has 1 aliphatic rings. The monoisotopic (exact) mass is 235 g/mol. The first kappa shape index (κ1) is 13.1. The number of morpholine rings is 1. The molecule has 0 aromatic rings. The van der Waals surface area contributed by atoms with E-state index in [-0.39, 0.29) is 5.97 Å². The van der Waals surface area contributed by atoms with Gasteiger partial charge in [-0.3, -0.25) is 0 Å². The lowest BCUT2D eigenvalue weighted by molar-refractivity contribution is -0.154. The van der Waals surface area contributed by atoms with Gasteiger partial charge in [0.25, 0.3) is 0 Å². The van der Waals surface area contributed by atoms with Crippen molar-refractivity contribution in [3.63, 3.8) is 0 Å². The number of ether oxygens (including phenoxy) is 2. The number of esters is 1. The second-order valence-electron chi connectivity index (χ2n) is 3.32. The van der Waals surface area contributed by atoms with Crippen molar-refractivity contribution in [3.05, 3.63) is 48.9 Å². The Balaban J connectivity index is 2.79. The Kier molecular flexibility index (Phi) is 5.07. The summed E-state index contributed by atoms with van der Waals surface area (Å²) < 4.78 is 10.4. The van der Waals surface area contributed by atoms with E-state index in [0.717, 1.165) is 5.70 Å². The lowest BCUT2D eigenvalue weighted by Gasteiger charge is -2.27. The third kappa shape index (κ3) is 3.52. The minimum atomic E-state index is -0.622. The second kappa shape index (κ2) is 6.58. The van der Waals surface area contributed by atoms with Gasteiger partial charge in [-0.1, -0.05) is 25.3 Å². The Labute approximate surface area is 101 Å². The SMILES string of the molecule is C=C/C=C1/NCC(C(=O)OCC)O/C1=C/C=C. The van der Waals surface area contributed by atoms with E-state index in [9.17, 15) is 4.79 Å². The Morgan fingerprint density at radius 3 is 2.82 bits per heavy atom. The van der Waals surface area contributed by atoms with Crippen LogP contribution in [0.2, 0.25) is 0 Å². The molecule has 4 heteroatoms. The summed E-state index contributed by atoms with van der Waals surface area (Å²) in [5.74, 6) is 0.191. The van der Waals surface area contributed by atoms with Gasteiger partial charge in [0.2, 0.25) is 6.10 Å². The van der Waals surface area contributed by atoms with Crippen LogP contribution in [0.3, 0.4) is 0 Å². The molecular formula is C13H17NO3. The number of nitrogens with one attached hydrogen (secondary N) is 1. The number of hydrogen-bond donors (Lipinski definition) is 1. The number of rotatable bonds is 4. The van der Waals surface area contributed by atoms with Crippen LogP contribution in [0.25, 0.3) is 0 Å². The van der Waals surface area contributed by atoms with Gasteiger partial charge in [0.05, 0.1) is 18.8 Å². The van der Waals surface area contributed by atoms with E-state index in [0.29, 0.717) is 18.9 Å². The summed E-state index contributed by atoms with van der Waals surface area (Å²) in [6.07, 6.45) is 6.09. The van der Waals surface area contributed by atoms with E-state index in [2.05, 4.69) is 18.5 Å². The molecule has 0 bridgehead atoms. The molecule has 1 saturated heterocycles. The average molecular weight is 235 g/mol. The number of allylic oxidation sites excluding steroid dienone is 4. The van der Waals surface area contributed by atoms with Crippen LogP contribution in [0.1, 0.15) is 6.92 Å². The summed E-state index contributed by atoms with van der Waals surface area (Å²) in [5.41, 5.74) is 0.778. The third-order valence-corrected chi connectivity index (χ3v) is 2.12. The predicted molar refractivity (Wildman–Crippen MR) is 66.1 cm³/mol. The highest BCUT2D eigenvalue weighted by atomic mass is 16.6. The smallest absolute Gasteiger partial charge is 0.349 e. The molecule has 0 radical (unpaired) electrons. The number of carbonyl (C=O) groups is 1.